The van der Waals surface area contributed by atoms with Crippen LogP contribution in [0.4, 0.5) is 4.79 Å². The van der Waals surface area contributed by atoms with Crippen LogP contribution < -0.4 is 16.0 Å². The molecule has 0 bridgehead atoms. The van der Waals surface area contributed by atoms with Crippen LogP contribution in [0.1, 0.15) is 50.5 Å². The van der Waals surface area contributed by atoms with Gasteiger partial charge in [0.15, 0.2) is 0 Å². The number of benzene rings is 1. The molecule has 1 aliphatic carbocycles. The zero-order chi connectivity index (χ0) is 19.0. The van der Waals surface area contributed by atoms with Crippen molar-refractivity contribution in [1.82, 2.24) is 20.9 Å². The largest absolute Gasteiger partial charge is 0.353 e. The molecule has 0 unspecified atom stereocenters. The average Bonchev–Trinajstić information content (AvgIpc) is 3.18. The van der Waals surface area contributed by atoms with E-state index in [1.165, 1.54) is 19.3 Å². The van der Waals surface area contributed by atoms with Gasteiger partial charge in [0.25, 0.3) is 0 Å². The molecule has 6 heteroatoms. The fraction of sp³-hybridized carbons (Fsp3) is 0.619. The number of rotatable bonds is 7. The summed E-state index contributed by atoms with van der Waals surface area (Å²) in [5, 5.41) is 8.92. The van der Waals surface area contributed by atoms with E-state index in [4.69, 9.17) is 0 Å². The molecule has 2 fully saturated rings. The van der Waals surface area contributed by atoms with E-state index in [0.717, 1.165) is 38.0 Å². The van der Waals surface area contributed by atoms with Crippen molar-refractivity contribution in [2.24, 2.45) is 0 Å². The van der Waals surface area contributed by atoms with E-state index < -0.39 is 5.54 Å². The molecule has 0 spiro atoms. The van der Waals surface area contributed by atoms with Crippen molar-refractivity contribution in [2.75, 3.05) is 26.2 Å². The molecule has 0 atom stereocenters. The van der Waals surface area contributed by atoms with Crippen LogP contribution in [-0.4, -0.2) is 48.6 Å². The summed E-state index contributed by atoms with van der Waals surface area (Å²) in [5.74, 6) is -0.0353. The van der Waals surface area contributed by atoms with Crippen molar-refractivity contribution in [3.63, 3.8) is 0 Å². The maximum atomic E-state index is 12.8. The van der Waals surface area contributed by atoms with Crippen molar-refractivity contribution in [2.45, 2.75) is 57.0 Å². The summed E-state index contributed by atoms with van der Waals surface area (Å²) in [7, 11) is 0. The molecule has 3 amide bonds. The van der Waals surface area contributed by atoms with Crippen LogP contribution in [0.2, 0.25) is 0 Å². The van der Waals surface area contributed by atoms with Gasteiger partial charge in [-0.05, 0) is 44.3 Å². The first-order valence-corrected chi connectivity index (χ1v) is 10.3. The molecular weight excluding hydrogens is 340 g/mol. The number of hydrogen-bond acceptors (Lipinski definition) is 3. The molecule has 1 aromatic rings. The Hall–Kier alpha value is -2.08. The molecule has 0 radical (unpaired) electrons. The van der Waals surface area contributed by atoms with Crippen LogP contribution in [0.15, 0.2) is 30.3 Å². The maximum absolute atomic E-state index is 12.8. The van der Waals surface area contributed by atoms with Gasteiger partial charge in [-0.15, -0.1) is 0 Å². The van der Waals surface area contributed by atoms with E-state index in [2.05, 4.69) is 20.9 Å². The SMILES string of the molecule is O=C(NCc1ccccc1)NC1(C(=O)NCCN2CCCCC2)CCCC1. The van der Waals surface area contributed by atoms with E-state index in [1.807, 2.05) is 30.3 Å². The second kappa shape index (κ2) is 9.74. The standard InChI is InChI=1S/C21H32N4O2/c26-19(22-13-16-25-14-7-2-8-15-25)21(11-5-6-12-21)24-20(27)23-17-18-9-3-1-4-10-18/h1,3-4,9-10H,2,5-8,11-17H2,(H,22,26)(H2,23,24,27). The van der Waals surface area contributed by atoms with Gasteiger partial charge < -0.3 is 20.9 Å². The van der Waals surface area contributed by atoms with E-state index in [-0.39, 0.29) is 11.9 Å². The van der Waals surface area contributed by atoms with Crippen LogP contribution >= 0.6 is 0 Å². The van der Waals surface area contributed by atoms with Gasteiger partial charge in [-0.1, -0.05) is 49.6 Å². The lowest BCUT2D eigenvalue weighted by Gasteiger charge is -2.30. The number of hydrogen-bond donors (Lipinski definition) is 3. The molecule has 27 heavy (non-hydrogen) atoms. The molecule has 1 heterocycles. The topological polar surface area (TPSA) is 73.5 Å². The third-order valence-corrected chi connectivity index (χ3v) is 5.70. The van der Waals surface area contributed by atoms with Gasteiger partial charge in [-0.25, -0.2) is 4.79 Å². The molecule has 1 aromatic carbocycles. The number of carbonyl (C=O) groups is 2. The Morgan fingerprint density at radius 3 is 2.33 bits per heavy atom. The minimum Gasteiger partial charge on any atom is -0.353 e. The Balaban J connectivity index is 1.46. The Morgan fingerprint density at radius 1 is 0.926 bits per heavy atom. The van der Waals surface area contributed by atoms with Gasteiger partial charge in [-0.3, -0.25) is 4.79 Å². The van der Waals surface area contributed by atoms with Crippen LogP contribution in [0.3, 0.4) is 0 Å². The summed E-state index contributed by atoms with van der Waals surface area (Å²) in [6, 6.07) is 9.52. The highest BCUT2D eigenvalue weighted by Crippen LogP contribution is 2.29. The molecule has 1 aliphatic heterocycles. The third kappa shape index (κ3) is 5.70. The zero-order valence-electron chi connectivity index (χ0n) is 16.1. The van der Waals surface area contributed by atoms with Crippen LogP contribution in [0, 0.1) is 0 Å². The highest BCUT2D eigenvalue weighted by molar-refractivity contribution is 5.91. The van der Waals surface area contributed by atoms with Crippen molar-refractivity contribution < 1.29 is 9.59 Å². The van der Waals surface area contributed by atoms with Crippen molar-refractivity contribution in [3.8, 4) is 0 Å². The fourth-order valence-electron chi connectivity index (χ4n) is 4.11. The van der Waals surface area contributed by atoms with Gasteiger partial charge in [0.1, 0.15) is 5.54 Å². The first kappa shape index (κ1) is 19.7. The number of likely N-dealkylation sites (tertiary alicyclic amines) is 1. The molecule has 0 aromatic heterocycles. The summed E-state index contributed by atoms with van der Waals surface area (Å²) >= 11 is 0. The predicted molar refractivity (Wildman–Crippen MR) is 106 cm³/mol. The number of nitrogens with zero attached hydrogens (tertiary/aromatic N) is 1. The zero-order valence-corrected chi connectivity index (χ0v) is 16.1. The number of nitrogens with one attached hydrogen (secondary N) is 3. The lowest BCUT2D eigenvalue weighted by Crippen LogP contribution is -2.59. The summed E-state index contributed by atoms with van der Waals surface area (Å²) in [5.41, 5.74) is 0.280. The lowest BCUT2D eigenvalue weighted by atomic mass is 9.96. The second-order valence-corrected chi connectivity index (χ2v) is 7.74. The van der Waals surface area contributed by atoms with Crippen LogP contribution in [0.5, 0.6) is 0 Å². The quantitative estimate of drug-likeness (QED) is 0.688. The maximum Gasteiger partial charge on any atom is 0.315 e. The summed E-state index contributed by atoms with van der Waals surface area (Å²) in [4.78, 5) is 27.6. The molecule has 1 saturated heterocycles. The van der Waals surface area contributed by atoms with Gasteiger partial charge in [0, 0.05) is 19.6 Å². The van der Waals surface area contributed by atoms with E-state index in [1.54, 1.807) is 0 Å². The monoisotopic (exact) mass is 372 g/mol. The van der Waals surface area contributed by atoms with Crippen molar-refractivity contribution in [1.29, 1.82) is 0 Å². The van der Waals surface area contributed by atoms with Crippen molar-refractivity contribution >= 4 is 11.9 Å². The Labute approximate surface area is 162 Å². The first-order valence-electron chi connectivity index (χ1n) is 10.3. The molecule has 3 N–H and O–H groups in total. The average molecular weight is 373 g/mol. The minimum atomic E-state index is -0.761. The van der Waals surface area contributed by atoms with Crippen LogP contribution in [-0.2, 0) is 11.3 Å². The Kier molecular flexibility index (Phi) is 7.10. The van der Waals surface area contributed by atoms with Crippen molar-refractivity contribution in [3.05, 3.63) is 35.9 Å². The molecule has 6 nitrogen and oxygen atoms in total. The summed E-state index contributed by atoms with van der Waals surface area (Å²) in [6.07, 6.45) is 7.18. The number of amides is 3. The fourth-order valence-corrected chi connectivity index (χ4v) is 4.11. The van der Waals surface area contributed by atoms with Gasteiger partial charge in [0.05, 0.1) is 0 Å². The number of carbonyl (C=O) groups excluding carboxylic acids is 2. The highest BCUT2D eigenvalue weighted by atomic mass is 16.2. The van der Waals surface area contributed by atoms with Crippen LogP contribution in [0.25, 0.3) is 0 Å². The smallest absolute Gasteiger partial charge is 0.315 e. The van der Waals surface area contributed by atoms with Gasteiger partial charge >= 0.3 is 6.03 Å². The predicted octanol–water partition coefficient (Wildman–Crippen LogP) is 2.40. The molecule has 2 aliphatic rings. The Bertz CT molecular complexity index is 608. The third-order valence-electron chi connectivity index (χ3n) is 5.70. The summed E-state index contributed by atoms with van der Waals surface area (Å²) < 4.78 is 0. The van der Waals surface area contributed by atoms with E-state index in [9.17, 15) is 9.59 Å². The molecule has 148 valence electrons. The lowest BCUT2D eigenvalue weighted by molar-refractivity contribution is -0.127. The molecular formula is C21H32N4O2. The number of piperidine rings is 1. The van der Waals surface area contributed by atoms with E-state index in [0.29, 0.717) is 25.9 Å². The highest BCUT2D eigenvalue weighted by Gasteiger charge is 2.42. The molecule has 1 saturated carbocycles. The Morgan fingerprint density at radius 2 is 1.63 bits per heavy atom. The summed E-state index contributed by atoms with van der Waals surface area (Å²) in [6.45, 7) is 4.25. The molecule has 3 rings (SSSR count). The number of urea groups is 1. The normalized spacial score (nSPS) is 19.4. The van der Waals surface area contributed by atoms with Gasteiger partial charge in [-0.2, -0.15) is 0 Å². The second-order valence-electron chi connectivity index (χ2n) is 7.74. The first-order chi connectivity index (χ1) is 13.2. The van der Waals surface area contributed by atoms with Gasteiger partial charge in [0.2, 0.25) is 5.91 Å². The van der Waals surface area contributed by atoms with E-state index >= 15 is 0 Å². The minimum absolute atomic E-state index is 0.0353.